The maximum atomic E-state index is 12.6. The van der Waals surface area contributed by atoms with E-state index >= 15 is 0 Å². The Hall–Kier alpha value is -2.29. The molecule has 3 heteroatoms. The summed E-state index contributed by atoms with van der Waals surface area (Å²) >= 11 is 0. The Morgan fingerprint density at radius 1 is 1.24 bits per heavy atom. The van der Waals surface area contributed by atoms with E-state index in [1.54, 1.807) is 0 Å². The summed E-state index contributed by atoms with van der Waals surface area (Å²) in [5, 5.41) is 3.26. The molecule has 21 heavy (non-hydrogen) atoms. The third-order valence-electron chi connectivity index (χ3n) is 3.68. The third kappa shape index (κ3) is 2.92. The van der Waals surface area contributed by atoms with Crippen molar-refractivity contribution in [1.82, 2.24) is 0 Å². The number of anilines is 1. The number of aryl methyl sites for hydroxylation is 1. The van der Waals surface area contributed by atoms with E-state index in [9.17, 15) is 4.79 Å². The van der Waals surface area contributed by atoms with Crippen LogP contribution in [0.2, 0.25) is 0 Å². The second-order valence-electron chi connectivity index (χ2n) is 5.30. The quantitative estimate of drug-likeness (QED) is 0.868. The second-order valence-corrected chi connectivity index (χ2v) is 5.30. The summed E-state index contributed by atoms with van der Waals surface area (Å²) < 4.78 is 5.84. The van der Waals surface area contributed by atoms with Crippen molar-refractivity contribution in [2.75, 3.05) is 11.9 Å². The number of carbonyl (C=O) groups excluding carboxylic acids is 1. The van der Waals surface area contributed by atoms with E-state index in [2.05, 4.69) is 18.3 Å². The molecule has 0 fully saturated rings. The van der Waals surface area contributed by atoms with Crippen LogP contribution in [-0.2, 0) is 6.42 Å². The summed E-state index contributed by atoms with van der Waals surface area (Å²) in [5.41, 5.74) is 2.88. The number of benzene rings is 2. The number of ketones is 1. The van der Waals surface area contributed by atoms with Gasteiger partial charge in [0.1, 0.15) is 5.75 Å². The van der Waals surface area contributed by atoms with Crippen molar-refractivity contribution in [2.45, 2.75) is 25.9 Å². The van der Waals surface area contributed by atoms with Gasteiger partial charge in [-0.05, 0) is 30.2 Å². The predicted molar refractivity (Wildman–Crippen MR) is 84.1 cm³/mol. The monoisotopic (exact) mass is 281 g/mol. The van der Waals surface area contributed by atoms with Crippen LogP contribution in [0, 0.1) is 0 Å². The van der Waals surface area contributed by atoms with Crippen LogP contribution in [0.1, 0.15) is 29.3 Å². The van der Waals surface area contributed by atoms with E-state index in [-0.39, 0.29) is 5.78 Å². The Morgan fingerprint density at radius 3 is 2.95 bits per heavy atom. The standard InChI is InChI=1S/C18H19NO2/c1-2-6-13-7-5-8-14(11-13)18(20)17-12-19-15-9-3-4-10-16(15)21-17/h3-5,7-11,17,19H,2,6,12H2,1H3. The molecule has 1 aliphatic heterocycles. The summed E-state index contributed by atoms with van der Waals surface area (Å²) in [6.45, 7) is 2.65. The molecule has 0 saturated heterocycles. The van der Waals surface area contributed by atoms with Gasteiger partial charge in [-0.25, -0.2) is 0 Å². The number of para-hydroxylation sites is 2. The molecule has 1 heterocycles. The minimum absolute atomic E-state index is 0.0370. The molecule has 1 aliphatic rings. The highest BCUT2D eigenvalue weighted by Gasteiger charge is 2.26. The van der Waals surface area contributed by atoms with Crippen molar-refractivity contribution >= 4 is 11.5 Å². The molecule has 2 aromatic rings. The first-order valence-corrected chi connectivity index (χ1v) is 7.40. The normalized spacial score (nSPS) is 16.5. The first-order chi connectivity index (χ1) is 10.3. The Balaban J connectivity index is 1.79. The molecule has 0 spiro atoms. The van der Waals surface area contributed by atoms with Gasteiger partial charge in [0, 0.05) is 5.56 Å². The van der Waals surface area contributed by atoms with E-state index in [4.69, 9.17) is 4.74 Å². The number of ether oxygens (including phenoxy) is 1. The molecule has 108 valence electrons. The summed E-state index contributed by atoms with van der Waals surface area (Å²) in [6, 6.07) is 15.6. The zero-order chi connectivity index (χ0) is 14.7. The molecule has 1 unspecified atom stereocenters. The molecule has 0 aromatic heterocycles. The van der Waals surface area contributed by atoms with E-state index in [1.165, 1.54) is 5.56 Å². The molecule has 3 nitrogen and oxygen atoms in total. The molecular weight excluding hydrogens is 262 g/mol. The Kier molecular flexibility index (Phi) is 3.91. The van der Waals surface area contributed by atoms with Crippen LogP contribution in [0.15, 0.2) is 48.5 Å². The van der Waals surface area contributed by atoms with Crippen LogP contribution in [0.4, 0.5) is 5.69 Å². The van der Waals surface area contributed by atoms with Crippen molar-refractivity contribution in [3.05, 3.63) is 59.7 Å². The van der Waals surface area contributed by atoms with Crippen LogP contribution in [0.5, 0.6) is 5.75 Å². The highest BCUT2D eigenvalue weighted by molar-refractivity contribution is 6.00. The summed E-state index contributed by atoms with van der Waals surface area (Å²) in [5.74, 6) is 0.779. The summed E-state index contributed by atoms with van der Waals surface area (Å²) in [4.78, 5) is 12.6. The largest absolute Gasteiger partial charge is 0.478 e. The molecule has 0 saturated carbocycles. The zero-order valence-electron chi connectivity index (χ0n) is 12.1. The minimum atomic E-state index is -0.461. The van der Waals surface area contributed by atoms with Gasteiger partial charge in [-0.1, -0.05) is 43.7 Å². The topological polar surface area (TPSA) is 38.3 Å². The Bertz CT molecular complexity index is 651. The van der Waals surface area contributed by atoms with Crippen LogP contribution in [0.3, 0.4) is 0 Å². The molecule has 0 bridgehead atoms. The lowest BCUT2D eigenvalue weighted by molar-refractivity contribution is 0.0801. The molecular formula is C18H19NO2. The van der Waals surface area contributed by atoms with E-state index in [1.807, 2.05) is 42.5 Å². The highest BCUT2D eigenvalue weighted by atomic mass is 16.5. The molecule has 2 aromatic carbocycles. The number of fused-ring (bicyclic) bond motifs is 1. The van der Waals surface area contributed by atoms with Crippen LogP contribution < -0.4 is 10.1 Å². The Morgan fingerprint density at radius 2 is 2.10 bits per heavy atom. The number of nitrogens with one attached hydrogen (secondary N) is 1. The van der Waals surface area contributed by atoms with Crippen molar-refractivity contribution in [2.24, 2.45) is 0 Å². The second kappa shape index (κ2) is 6.00. The van der Waals surface area contributed by atoms with Crippen molar-refractivity contribution < 1.29 is 9.53 Å². The van der Waals surface area contributed by atoms with Gasteiger partial charge in [0.15, 0.2) is 6.10 Å². The molecule has 0 aliphatic carbocycles. The van der Waals surface area contributed by atoms with Crippen LogP contribution in [0.25, 0.3) is 0 Å². The maximum Gasteiger partial charge on any atom is 0.205 e. The molecule has 1 N–H and O–H groups in total. The van der Waals surface area contributed by atoms with Gasteiger partial charge < -0.3 is 10.1 Å². The van der Waals surface area contributed by atoms with Crippen molar-refractivity contribution in [3.63, 3.8) is 0 Å². The lowest BCUT2D eigenvalue weighted by atomic mass is 10.0. The van der Waals surface area contributed by atoms with Crippen LogP contribution in [-0.4, -0.2) is 18.4 Å². The van der Waals surface area contributed by atoms with E-state index in [0.717, 1.165) is 29.8 Å². The summed E-state index contributed by atoms with van der Waals surface area (Å²) in [7, 11) is 0. The number of carbonyl (C=O) groups is 1. The first kappa shape index (κ1) is 13.7. The summed E-state index contributed by atoms with van der Waals surface area (Å²) in [6.07, 6.45) is 1.61. The average molecular weight is 281 g/mol. The van der Waals surface area contributed by atoms with E-state index < -0.39 is 6.10 Å². The first-order valence-electron chi connectivity index (χ1n) is 7.40. The van der Waals surface area contributed by atoms with Gasteiger partial charge in [-0.2, -0.15) is 0 Å². The number of Topliss-reactive ketones (excluding diaryl/α,β-unsaturated/α-hetero) is 1. The van der Waals surface area contributed by atoms with Crippen LogP contribution >= 0.6 is 0 Å². The fourth-order valence-corrected chi connectivity index (χ4v) is 2.61. The molecule has 0 amide bonds. The highest BCUT2D eigenvalue weighted by Crippen LogP contribution is 2.29. The van der Waals surface area contributed by atoms with Gasteiger partial charge in [0.2, 0.25) is 5.78 Å². The number of hydrogen-bond acceptors (Lipinski definition) is 3. The maximum absolute atomic E-state index is 12.6. The fourth-order valence-electron chi connectivity index (χ4n) is 2.61. The number of rotatable bonds is 4. The minimum Gasteiger partial charge on any atom is -0.478 e. The fraction of sp³-hybridized carbons (Fsp3) is 0.278. The molecule has 3 rings (SSSR count). The molecule has 0 radical (unpaired) electrons. The van der Waals surface area contributed by atoms with Gasteiger partial charge in [-0.15, -0.1) is 0 Å². The molecule has 1 atom stereocenters. The lowest BCUT2D eigenvalue weighted by Gasteiger charge is -2.26. The SMILES string of the molecule is CCCc1cccc(C(=O)C2CNc3ccccc3O2)c1. The third-order valence-corrected chi connectivity index (χ3v) is 3.68. The van der Waals surface area contributed by atoms with Crippen molar-refractivity contribution in [1.29, 1.82) is 0 Å². The smallest absolute Gasteiger partial charge is 0.205 e. The predicted octanol–water partition coefficient (Wildman–Crippen LogP) is 3.69. The number of hydrogen-bond donors (Lipinski definition) is 1. The average Bonchev–Trinajstić information content (AvgIpc) is 2.54. The van der Waals surface area contributed by atoms with Gasteiger partial charge in [0.05, 0.1) is 12.2 Å². The zero-order valence-corrected chi connectivity index (χ0v) is 12.1. The Labute approximate surface area is 124 Å². The van der Waals surface area contributed by atoms with Gasteiger partial charge in [0.25, 0.3) is 0 Å². The van der Waals surface area contributed by atoms with Crippen molar-refractivity contribution in [3.8, 4) is 5.75 Å². The van der Waals surface area contributed by atoms with Gasteiger partial charge >= 0.3 is 0 Å². The van der Waals surface area contributed by atoms with Gasteiger partial charge in [-0.3, -0.25) is 4.79 Å². The lowest BCUT2D eigenvalue weighted by Crippen LogP contribution is -2.37. The van der Waals surface area contributed by atoms with E-state index in [0.29, 0.717) is 6.54 Å².